The van der Waals surface area contributed by atoms with Crippen molar-refractivity contribution in [1.82, 2.24) is 10.2 Å². The molecule has 8 heteroatoms. The van der Waals surface area contributed by atoms with Gasteiger partial charge in [-0.25, -0.2) is 4.39 Å². The first kappa shape index (κ1) is 13.8. The first-order chi connectivity index (χ1) is 9.13. The fourth-order valence-electron chi connectivity index (χ4n) is 1.21. The second-order valence-corrected chi connectivity index (χ2v) is 5.89. The Labute approximate surface area is 117 Å². The third kappa shape index (κ3) is 4.49. The maximum Gasteiger partial charge on any atom is 0.218 e. The van der Waals surface area contributed by atoms with E-state index in [1.54, 1.807) is 12.1 Å². The molecule has 2 aromatic rings. The maximum absolute atomic E-state index is 12.7. The summed E-state index contributed by atoms with van der Waals surface area (Å²) >= 11 is 2.79. The van der Waals surface area contributed by atoms with E-state index >= 15 is 0 Å². The van der Waals surface area contributed by atoms with E-state index < -0.39 is 0 Å². The number of rotatable bonds is 6. The molecule has 0 spiro atoms. The predicted octanol–water partition coefficient (Wildman–Crippen LogP) is 2.39. The molecule has 0 unspecified atom stereocenters. The van der Waals surface area contributed by atoms with Crippen LogP contribution in [0.15, 0.2) is 28.6 Å². The predicted molar refractivity (Wildman–Crippen MR) is 74.1 cm³/mol. The second-order valence-electron chi connectivity index (χ2n) is 3.57. The van der Waals surface area contributed by atoms with Crippen molar-refractivity contribution in [2.24, 2.45) is 5.73 Å². The number of carbonyl (C=O) groups excluding carboxylic acids is 1. The van der Waals surface area contributed by atoms with E-state index in [2.05, 4.69) is 15.5 Å². The molecule has 2 rings (SSSR count). The Morgan fingerprint density at radius 1 is 1.37 bits per heavy atom. The molecule has 1 heterocycles. The lowest BCUT2D eigenvalue weighted by atomic mass is 10.3. The van der Waals surface area contributed by atoms with Crippen LogP contribution in [0.3, 0.4) is 0 Å². The fraction of sp³-hybridized carbons (Fsp3) is 0.182. The summed E-state index contributed by atoms with van der Waals surface area (Å²) in [5.41, 5.74) is 5.79. The Morgan fingerprint density at radius 3 is 2.79 bits per heavy atom. The average molecular weight is 298 g/mol. The summed E-state index contributed by atoms with van der Waals surface area (Å²) in [4.78, 5) is 10.6. The van der Waals surface area contributed by atoms with Crippen molar-refractivity contribution < 1.29 is 9.18 Å². The van der Waals surface area contributed by atoms with Crippen molar-refractivity contribution in [3.63, 3.8) is 0 Å². The van der Waals surface area contributed by atoms with Crippen molar-refractivity contribution in [3.8, 4) is 0 Å². The largest absolute Gasteiger partial charge is 0.370 e. The molecular formula is C11H11FN4OS2. The summed E-state index contributed by atoms with van der Waals surface area (Å²) in [5.74, 6) is -0.0345. The third-order valence-corrected chi connectivity index (χ3v) is 4.05. The Kier molecular flexibility index (Phi) is 4.69. The minimum Gasteiger partial charge on any atom is -0.370 e. The number of anilines is 2. The summed E-state index contributed by atoms with van der Waals surface area (Å²) in [6.45, 7) is 0. The molecule has 0 saturated heterocycles. The van der Waals surface area contributed by atoms with Crippen molar-refractivity contribution in [2.45, 2.75) is 10.8 Å². The van der Waals surface area contributed by atoms with Crippen LogP contribution in [0.25, 0.3) is 0 Å². The van der Waals surface area contributed by atoms with Gasteiger partial charge < -0.3 is 11.1 Å². The highest BCUT2D eigenvalue weighted by molar-refractivity contribution is 8.01. The van der Waals surface area contributed by atoms with Crippen LogP contribution in [0.1, 0.15) is 6.42 Å². The van der Waals surface area contributed by atoms with Gasteiger partial charge in [0.05, 0.1) is 0 Å². The Hall–Kier alpha value is -1.67. The van der Waals surface area contributed by atoms with Gasteiger partial charge in [0.25, 0.3) is 0 Å². The van der Waals surface area contributed by atoms with E-state index in [0.29, 0.717) is 17.3 Å². The lowest BCUT2D eigenvalue weighted by Crippen LogP contribution is -2.10. The van der Waals surface area contributed by atoms with Gasteiger partial charge in [0.1, 0.15) is 5.82 Å². The molecule has 0 aliphatic rings. The lowest BCUT2D eigenvalue weighted by Gasteiger charge is -2.00. The van der Waals surface area contributed by atoms with Gasteiger partial charge >= 0.3 is 0 Å². The van der Waals surface area contributed by atoms with Crippen molar-refractivity contribution >= 4 is 39.8 Å². The Bertz CT molecular complexity index is 558. The maximum atomic E-state index is 12.7. The van der Waals surface area contributed by atoms with Gasteiger partial charge in [0.15, 0.2) is 4.34 Å². The molecule has 0 radical (unpaired) electrons. The van der Waals surface area contributed by atoms with Gasteiger partial charge in [-0.05, 0) is 24.3 Å². The molecule has 0 fully saturated rings. The second kappa shape index (κ2) is 6.48. The minimum absolute atomic E-state index is 0.287. The molecule has 0 aliphatic heterocycles. The van der Waals surface area contributed by atoms with E-state index in [1.807, 2.05) is 0 Å². The van der Waals surface area contributed by atoms with E-state index in [0.717, 1.165) is 10.0 Å². The number of aromatic nitrogens is 2. The highest BCUT2D eigenvalue weighted by Crippen LogP contribution is 2.27. The van der Waals surface area contributed by atoms with E-state index in [-0.39, 0.29) is 11.7 Å². The third-order valence-electron chi connectivity index (χ3n) is 2.08. The Balaban J connectivity index is 1.90. The molecule has 19 heavy (non-hydrogen) atoms. The van der Waals surface area contributed by atoms with Gasteiger partial charge in [0, 0.05) is 17.9 Å². The molecule has 3 N–H and O–H groups in total. The molecule has 1 amide bonds. The summed E-state index contributed by atoms with van der Waals surface area (Å²) in [6.07, 6.45) is 0.310. The zero-order chi connectivity index (χ0) is 13.7. The lowest BCUT2D eigenvalue weighted by molar-refractivity contribution is -0.117. The highest BCUT2D eigenvalue weighted by Gasteiger charge is 2.06. The smallest absolute Gasteiger partial charge is 0.218 e. The number of carbonyl (C=O) groups is 1. The van der Waals surface area contributed by atoms with Crippen LogP contribution in [-0.2, 0) is 4.79 Å². The zero-order valence-electron chi connectivity index (χ0n) is 9.80. The molecule has 0 aliphatic carbocycles. The average Bonchev–Trinajstić information content (AvgIpc) is 2.79. The molecule has 1 aromatic carbocycles. The number of benzene rings is 1. The van der Waals surface area contributed by atoms with Crippen LogP contribution in [-0.4, -0.2) is 21.9 Å². The molecule has 0 saturated carbocycles. The molecule has 0 bridgehead atoms. The van der Waals surface area contributed by atoms with Gasteiger partial charge in [-0.15, -0.1) is 10.2 Å². The number of hydrogen-bond donors (Lipinski definition) is 2. The first-order valence-electron chi connectivity index (χ1n) is 5.40. The quantitative estimate of drug-likeness (QED) is 0.800. The molecular weight excluding hydrogens is 287 g/mol. The van der Waals surface area contributed by atoms with Crippen molar-refractivity contribution in [1.29, 1.82) is 0 Å². The minimum atomic E-state index is -0.332. The summed E-state index contributed by atoms with van der Waals surface area (Å²) in [7, 11) is 0. The van der Waals surface area contributed by atoms with Gasteiger partial charge in [0.2, 0.25) is 11.0 Å². The number of thioether (sulfide) groups is 1. The monoisotopic (exact) mass is 298 g/mol. The Morgan fingerprint density at radius 2 is 2.11 bits per heavy atom. The molecule has 0 atom stereocenters. The standard InChI is InChI=1S/C11H11FN4OS2/c12-7-1-3-8(4-2-7)14-10-15-16-11(19-10)18-6-5-9(13)17/h1-4H,5-6H2,(H2,13,17)(H,14,15). The van der Waals surface area contributed by atoms with Crippen LogP contribution < -0.4 is 11.1 Å². The number of nitrogens with one attached hydrogen (secondary N) is 1. The fourth-order valence-corrected chi connectivity index (χ4v) is 3.01. The van der Waals surface area contributed by atoms with E-state index in [9.17, 15) is 9.18 Å². The van der Waals surface area contributed by atoms with Crippen molar-refractivity contribution in [2.75, 3.05) is 11.1 Å². The number of primary amides is 1. The summed E-state index contributed by atoms with van der Waals surface area (Å²) in [5, 5.41) is 11.6. The van der Waals surface area contributed by atoms with Gasteiger partial charge in [-0.2, -0.15) is 0 Å². The first-order valence-corrected chi connectivity index (χ1v) is 7.21. The van der Waals surface area contributed by atoms with Crippen LogP contribution in [0.5, 0.6) is 0 Å². The molecule has 100 valence electrons. The topological polar surface area (TPSA) is 80.9 Å². The number of hydrogen-bond acceptors (Lipinski definition) is 6. The zero-order valence-corrected chi connectivity index (χ0v) is 11.4. The van der Waals surface area contributed by atoms with Crippen LogP contribution in [0.4, 0.5) is 15.2 Å². The molecule has 1 aromatic heterocycles. The number of halogens is 1. The van der Waals surface area contributed by atoms with Crippen LogP contribution in [0, 0.1) is 5.82 Å². The molecule has 5 nitrogen and oxygen atoms in total. The van der Waals surface area contributed by atoms with Gasteiger partial charge in [-0.1, -0.05) is 23.1 Å². The van der Waals surface area contributed by atoms with E-state index in [1.165, 1.54) is 35.2 Å². The van der Waals surface area contributed by atoms with Crippen LogP contribution >= 0.6 is 23.1 Å². The normalized spacial score (nSPS) is 10.4. The van der Waals surface area contributed by atoms with E-state index in [4.69, 9.17) is 5.73 Å². The summed E-state index contributed by atoms with van der Waals surface area (Å²) in [6, 6.07) is 5.98. The number of amides is 1. The number of nitrogens with two attached hydrogens (primary N) is 1. The number of nitrogens with zero attached hydrogens (tertiary/aromatic N) is 2. The SMILES string of the molecule is NC(=O)CCSc1nnc(Nc2ccc(F)cc2)s1. The van der Waals surface area contributed by atoms with Gasteiger partial charge in [-0.3, -0.25) is 4.79 Å². The summed E-state index contributed by atoms with van der Waals surface area (Å²) < 4.78 is 13.5. The van der Waals surface area contributed by atoms with Crippen LogP contribution in [0.2, 0.25) is 0 Å². The van der Waals surface area contributed by atoms with Crippen molar-refractivity contribution in [3.05, 3.63) is 30.1 Å². The highest BCUT2D eigenvalue weighted by atomic mass is 32.2.